The van der Waals surface area contributed by atoms with Gasteiger partial charge in [0.05, 0.1) is 19.8 Å². The van der Waals surface area contributed by atoms with Crippen LogP contribution in [0.4, 0.5) is 4.79 Å². The predicted molar refractivity (Wildman–Crippen MR) is 87.4 cm³/mol. The SMILES string of the molecule is NC(=O)N(O)CCOCc1ccc(C=Cc2ccccc2)s1. The van der Waals surface area contributed by atoms with Gasteiger partial charge in [0.15, 0.2) is 0 Å². The summed E-state index contributed by atoms with van der Waals surface area (Å²) >= 11 is 1.64. The van der Waals surface area contributed by atoms with E-state index in [1.165, 1.54) is 0 Å². The number of primary amides is 1. The molecule has 3 N–H and O–H groups in total. The van der Waals surface area contributed by atoms with Gasteiger partial charge in [0.1, 0.15) is 0 Å². The molecule has 0 spiro atoms. The predicted octanol–water partition coefficient (Wildman–Crippen LogP) is 3.21. The van der Waals surface area contributed by atoms with E-state index in [0.717, 1.165) is 15.3 Å². The van der Waals surface area contributed by atoms with Crippen molar-refractivity contribution in [3.05, 3.63) is 57.8 Å². The van der Waals surface area contributed by atoms with Crippen molar-refractivity contribution < 1.29 is 14.7 Å². The van der Waals surface area contributed by atoms with Crippen LogP contribution in [-0.2, 0) is 11.3 Å². The summed E-state index contributed by atoms with van der Waals surface area (Å²) in [7, 11) is 0. The van der Waals surface area contributed by atoms with Crippen LogP contribution in [0.2, 0.25) is 0 Å². The fraction of sp³-hybridized carbons (Fsp3) is 0.188. The van der Waals surface area contributed by atoms with Crippen LogP contribution >= 0.6 is 11.3 Å². The number of carbonyl (C=O) groups is 1. The highest BCUT2D eigenvalue weighted by molar-refractivity contribution is 7.12. The van der Waals surface area contributed by atoms with Gasteiger partial charge in [0.25, 0.3) is 0 Å². The lowest BCUT2D eigenvalue weighted by molar-refractivity contribution is -0.0578. The van der Waals surface area contributed by atoms with Crippen molar-refractivity contribution in [2.75, 3.05) is 13.2 Å². The molecule has 2 rings (SSSR count). The van der Waals surface area contributed by atoms with E-state index in [4.69, 9.17) is 15.7 Å². The van der Waals surface area contributed by atoms with Crippen molar-refractivity contribution in [3.8, 4) is 0 Å². The molecule has 2 amide bonds. The molecule has 1 aromatic heterocycles. The summed E-state index contributed by atoms with van der Waals surface area (Å²) in [6, 6.07) is 13.2. The quantitative estimate of drug-likeness (QED) is 0.467. The lowest BCUT2D eigenvalue weighted by Gasteiger charge is -2.11. The van der Waals surface area contributed by atoms with Gasteiger partial charge < -0.3 is 10.5 Å². The van der Waals surface area contributed by atoms with Crippen molar-refractivity contribution in [2.24, 2.45) is 5.73 Å². The van der Waals surface area contributed by atoms with Gasteiger partial charge in [-0.25, -0.2) is 9.86 Å². The highest BCUT2D eigenvalue weighted by Gasteiger charge is 2.04. The highest BCUT2D eigenvalue weighted by atomic mass is 32.1. The number of thiophene rings is 1. The maximum absolute atomic E-state index is 10.6. The minimum Gasteiger partial charge on any atom is -0.374 e. The van der Waals surface area contributed by atoms with Gasteiger partial charge in [-0.15, -0.1) is 11.3 Å². The van der Waals surface area contributed by atoms with Gasteiger partial charge in [0, 0.05) is 9.75 Å². The first kappa shape index (κ1) is 16.2. The van der Waals surface area contributed by atoms with E-state index in [1.807, 2.05) is 42.5 Å². The van der Waals surface area contributed by atoms with E-state index in [9.17, 15) is 4.79 Å². The Balaban J connectivity index is 1.77. The fourth-order valence-electron chi connectivity index (χ4n) is 1.74. The number of hydrogen-bond acceptors (Lipinski definition) is 4. The highest BCUT2D eigenvalue weighted by Crippen LogP contribution is 2.20. The summed E-state index contributed by atoms with van der Waals surface area (Å²) in [5.41, 5.74) is 6.05. The zero-order chi connectivity index (χ0) is 15.8. The number of nitrogens with zero attached hydrogens (tertiary/aromatic N) is 1. The minimum atomic E-state index is -0.881. The lowest BCUT2D eigenvalue weighted by atomic mass is 10.2. The van der Waals surface area contributed by atoms with Crippen LogP contribution in [0.1, 0.15) is 15.3 Å². The van der Waals surface area contributed by atoms with Crippen LogP contribution in [0.3, 0.4) is 0 Å². The molecular formula is C16H18N2O3S. The first-order valence-electron chi connectivity index (χ1n) is 6.80. The Morgan fingerprint density at radius 3 is 2.73 bits per heavy atom. The number of urea groups is 1. The molecule has 116 valence electrons. The van der Waals surface area contributed by atoms with E-state index in [-0.39, 0.29) is 13.2 Å². The van der Waals surface area contributed by atoms with E-state index in [0.29, 0.717) is 11.7 Å². The number of ether oxygens (including phenoxy) is 1. The summed E-state index contributed by atoms with van der Waals surface area (Å²) in [6.45, 7) is 0.727. The summed E-state index contributed by atoms with van der Waals surface area (Å²) in [4.78, 5) is 12.8. The molecule has 0 aliphatic heterocycles. The van der Waals surface area contributed by atoms with E-state index in [1.54, 1.807) is 11.3 Å². The third-order valence-corrected chi connectivity index (χ3v) is 3.89. The van der Waals surface area contributed by atoms with Crippen LogP contribution in [-0.4, -0.2) is 29.5 Å². The number of amides is 2. The molecule has 0 radical (unpaired) electrons. The summed E-state index contributed by atoms with van der Waals surface area (Å²) in [5, 5.41) is 9.51. The van der Waals surface area contributed by atoms with E-state index >= 15 is 0 Å². The molecule has 6 heteroatoms. The third-order valence-electron chi connectivity index (χ3n) is 2.87. The molecule has 0 fully saturated rings. The molecule has 22 heavy (non-hydrogen) atoms. The maximum Gasteiger partial charge on any atom is 0.338 e. The molecule has 0 aliphatic carbocycles. The summed E-state index contributed by atoms with van der Waals surface area (Å²) < 4.78 is 5.39. The Morgan fingerprint density at radius 2 is 2.00 bits per heavy atom. The van der Waals surface area contributed by atoms with Gasteiger partial charge in [-0.2, -0.15) is 0 Å². The second kappa shape index (κ2) is 8.33. The van der Waals surface area contributed by atoms with Gasteiger partial charge in [0.2, 0.25) is 0 Å². The number of hydroxylamine groups is 2. The standard InChI is InChI=1S/C16H18N2O3S/c17-16(19)18(20)10-11-21-12-15-9-8-14(22-15)7-6-13-4-2-1-3-5-13/h1-9,20H,10-12H2,(H2,17,19). The number of benzene rings is 1. The van der Waals surface area contributed by atoms with Crippen LogP contribution in [0.5, 0.6) is 0 Å². The Hall–Kier alpha value is -2.15. The molecule has 1 heterocycles. The Labute approximate surface area is 133 Å². The molecule has 0 aliphatic rings. The topological polar surface area (TPSA) is 75.8 Å². The van der Waals surface area contributed by atoms with Gasteiger partial charge in [-0.05, 0) is 23.8 Å². The lowest BCUT2D eigenvalue weighted by Crippen LogP contribution is -2.35. The van der Waals surface area contributed by atoms with Crippen molar-refractivity contribution in [3.63, 3.8) is 0 Å². The smallest absolute Gasteiger partial charge is 0.338 e. The molecule has 1 aromatic carbocycles. The van der Waals surface area contributed by atoms with Crippen LogP contribution in [0, 0.1) is 0 Å². The van der Waals surface area contributed by atoms with Crippen molar-refractivity contribution >= 4 is 29.5 Å². The first-order chi connectivity index (χ1) is 10.6. The average molecular weight is 318 g/mol. The zero-order valence-corrected chi connectivity index (χ0v) is 12.8. The first-order valence-corrected chi connectivity index (χ1v) is 7.62. The molecule has 0 atom stereocenters. The maximum atomic E-state index is 10.6. The summed E-state index contributed by atoms with van der Waals surface area (Å²) in [6.07, 6.45) is 4.12. The largest absolute Gasteiger partial charge is 0.374 e. The van der Waals surface area contributed by atoms with Crippen LogP contribution < -0.4 is 5.73 Å². The number of carbonyl (C=O) groups excluding carboxylic acids is 1. The third kappa shape index (κ3) is 5.33. The molecule has 5 nitrogen and oxygen atoms in total. The van der Waals surface area contributed by atoms with Gasteiger partial charge in [-0.1, -0.05) is 36.4 Å². The molecule has 0 saturated carbocycles. The Bertz CT molecular complexity index is 625. The molecule has 0 unspecified atom stereocenters. The van der Waals surface area contributed by atoms with Gasteiger partial charge in [-0.3, -0.25) is 5.21 Å². The average Bonchev–Trinajstić information content (AvgIpc) is 2.98. The van der Waals surface area contributed by atoms with Crippen LogP contribution in [0.15, 0.2) is 42.5 Å². The van der Waals surface area contributed by atoms with Crippen molar-refractivity contribution in [1.82, 2.24) is 5.06 Å². The molecule has 0 bridgehead atoms. The Kier molecular flexibility index (Phi) is 6.14. The zero-order valence-electron chi connectivity index (χ0n) is 12.0. The number of rotatable bonds is 7. The summed E-state index contributed by atoms with van der Waals surface area (Å²) in [5.74, 6) is 0. The monoisotopic (exact) mass is 318 g/mol. The van der Waals surface area contributed by atoms with E-state index in [2.05, 4.69) is 12.2 Å². The fourth-order valence-corrected chi connectivity index (χ4v) is 2.59. The second-order valence-electron chi connectivity index (χ2n) is 4.56. The molecule has 0 saturated heterocycles. The van der Waals surface area contributed by atoms with Gasteiger partial charge >= 0.3 is 6.03 Å². The second-order valence-corrected chi connectivity index (χ2v) is 5.76. The number of nitrogens with two attached hydrogens (primary N) is 1. The molecular weight excluding hydrogens is 300 g/mol. The number of hydrogen-bond donors (Lipinski definition) is 2. The van der Waals surface area contributed by atoms with Crippen molar-refractivity contribution in [1.29, 1.82) is 0 Å². The van der Waals surface area contributed by atoms with E-state index < -0.39 is 6.03 Å². The Morgan fingerprint density at radius 1 is 1.23 bits per heavy atom. The molecule has 2 aromatic rings. The van der Waals surface area contributed by atoms with Crippen molar-refractivity contribution in [2.45, 2.75) is 6.61 Å². The normalized spacial score (nSPS) is 11.0. The minimum absolute atomic E-state index is 0.0570. The van der Waals surface area contributed by atoms with Crippen LogP contribution in [0.25, 0.3) is 12.2 Å².